The molecule has 1 aliphatic carbocycles. The minimum atomic E-state index is -1.20. The lowest BCUT2D eigenvalue weighted by molar-refractivity contribution is -0.344. The average molecular weight is 904 g/mol. The number of ether oxygens (including phenoxy) is 11. The highest BCUT2D eigenvalue weighted by molar-refractivity contribution is 9.10. The van der Waals surface area contributed by atoms with E-state index in [0.717, 1.165) is 26.7 Å². The number of fused-ring (bicyclic) bond motifs is 2. The van der Waals surface area contributed by atoms with Crippen molar-refractivity contribution in [2.45, 2.75) is 140 Å². The zero-order valence-electron chi connectivity index (χ0n) is 35.1. The molecule has 61 heavy (non-hydrogen) atoms. The molecule has 8 rings (SSSR count). The van der Waals surface area contributed by atoms with Gasteiger partial charge in [-0.25, -0.2) is 0 Å². The van der Waals surface area contributed by atoms with E-state index in [1.807, 2.05) is 143 Å². The summed E-state index contributed by atoms with van der Waals surface area (Å²) in [5.41, 5.74) is 3.86. The molecule has 3 aliphatic heterocycles. The predicted molar refractivity (Wildman–Crippen MR) is 226 cm³/mol. The van der Waals surface area contributed by atoms with Crippen molar-refractivity contribution in [1.29, 1.82) is 0 Å². The van der Waals surface area contributed by atoms with Crippen molar-refractivity contribution < 1.29 is 56.9 Å². The monoisotopic (exact) mass is 902 g/mol. The van der Waals surface area contributed by atoms with Crippen LogP contribution in [0.2, 0.25) is 0 Å². The molecule has 0 aromatic heterocycles. The number of carbonyl (C=O) groups is 1. The summed E-state index contributed by atoms with van der Waals surface area (Å²) < 4.78 is 74.3. The van der Waals surface area contributed by atoms with Gasteiger partial charge < -0.3 is 52.1 Å². The number of esters is 1. The Morgan fingerprint density at radius 1 is 0.541 bits per heavy atom. The molecule has 9 atom stereocenters. The zero-order chi connectivity index (χ0) is 42.6. The molecule has 3 saturated heterocycles. The average Bonchev–Trinajstić information content (AvgIpc) is 3.75. The first kappa shape index (κ1) is 44.1. The molecule has 3 heterocycles. The topological polar surface area (TPSA) is 119 Å². The number of benzene rings is 4. The summed E-state index contributed by atoms with van der Waals surface area (Å²) in [7, 11) is 0. The molecule has 4 unspecified atom stereocenters. The van der Waals surface area contributed by atoms with Gasteiger partial charge in [0.2, 0.25) is 0 Å². The summed E-state index contributed by atoms with van der Waals surface area (Å²) in [4.78, 5) is 13.1. The summed E-state index contributed by atoms with van der Waals surface area (Å²) >= 11 is 3.52. The van der Waals surface area contributed by atoms with E-state index in [4.69, 9.17) is 52.1 Å². The molecule has 0 N–H and O–H groups in total. The normalized spacial score (nSPS) is 31.3. The molecule has 0 bridgehead atoms. The highest BCUT2D eigenvalue weighted by Crippen LogP contribution is 2.47. The number of hydrogen-bond donors (Lipinski definition) is 0. The quantitative estimate of drug-likeness (QED) is 0.102. The molecule has 4 aromatic rings. The Kier molecular flexibility index (Phi) is 14.0. The van der Waals surface area contributed by atoms with Crippen LogP contribution in [0, 0.1) is 0 Å². The van der Waals surface area contributed by atoms with Crippen molar-refractivity contribution in [3.8, 4) is 0 Å². The van der Waals surface area contributed by atoms with Crippen LogP contribution in [0.5, 0.6) is 0 Å². The van der Waals surface area contributed by atoms with Crippen LogP contribution in [0.1, 0.15) is 56.9 Å². The highest BCUT2D eigenvalue weighted by atomic mass is 79.9. The Morgan fingerprint density at radius 3 is 1.46 bits per heavy atom. The minimum absolute atomic E-state index is 0.111. The Balaban J connectivity index is 1.13. The molecule has 4 fully saturated rings. The molecule has 13 heteroatoms. The van der Waals surface area contributed by atoms with Gasteiger partial charge in [-0.05, 0) is 62.1 Å². The number of hydrogen-bond acceptors (Lipinski definition) is 12. The van der Waals surface area contributed by atoms with E-state index in [1.54, 1.807) is 0 Å². The molecular weight excluding hydrogens is 848 g/mol. The van der Waals surface area contributed by atoms with Gasteiger partial charge in [0.05, 0.1) is 33.0 Å². The minimum Gasteiger partial charge on any atom is -0.454 e. The maximum atomic E-state index is 13.1. The lowest BCUT2D eigenvalue weighted by atomic mass is 9.84. The van der Waals surface area contributed by atoms with Crippen molar-refractivity contribution in [2.24, 2.45) is 0 Å². The Labute approximate surface area is 366 Å². The van der Waals surface area contributed by atoms with E-state index in [9.17, 15) is 4.79 Å². The fraction of sp³-hybridized carbons (Fsp3) is 0.479. The fourth-order valence-electron chi connectivity index (χ4n) is 8.53. The van der Waals surface area contributed by atoms with E-state index in [-0.39, 0.29) is 19.8 Å². The Bertz CT molecular complexity index is 1970. The van der Waals surface area contributed by atoms with Gasteiger partial charge in [-0.1, -0.05) is 119 Å². The standard InChI is InChI=1S/C48H55BrO12/c1-30(50)55-45-38(53-27-33-19-13-8-14-20-33)37(52-26-32-17-11-7-12-18-32)36(29-51-25-31-15-9-6-10-16-31)56-46(45)57-40-43-41(58-47(2,3)60-43)39(42-44(40)61-48(4,5)59-42)54-28-34-21-23-35(49)24-22-34/h6-24,36-46H,25-29H2,1-5H3/t36-,37-,38+,39?,40?,41?,42?,43?,44?,45+,46-/m1/s1. The molecule has 0 spiro atoms. The third-order valence-electron chi connectivity index (χ3n) is 11.1. The second kappa shape index (κ2) is 19.4. The molecule has 4 aromatic carbocycles. The van der Waals surface area contributed by atoms with E-state index in [1.165, 1.54) is 6.92 Å². The van der Waals surface area contributed by atoms with Gasteiger partial charge in [-0.2, -0.15) is 0 Å². The summed E-state index contributed by atoms with van der Waals surface area (Å²) in [6.45, 7) is 9.98. The van der Waals surface area contributed by atoms with Crippen LogP contribution in [-0.2, 0) is 83.3 Å². The molecule has 326 valence electrons. The Morgan fingerprint density at radius 2 is 0.967 bits per heavy atom. The van der Waals surface area contributed by atoms with E-state index in [2.05, 4.69) is 15.9 Å². The smallest absolute Gasteiger partial charge is 0.303 e. The summed E-state index contributed by atoms with van der Waals surface area (Å²) in [6, 6.07) is 37.5. The third kappa shape index (κ3) is 11.0. The van der Waals surface area contributed by atoms with E-state index in [0.29, 0.717) is 13.2 Å². The SMILES string of the molecule is CC(=O)O[C@@H]1[C@@H](OC2C3OC(C)(C)OC3C(OCc3ccc(Br)cc3)C3OC(C)(C)OC23)O[C@H](COCc2ccccc2)[C@@H](OCc2ccccc2)[C@@H]1OCc1ccccc1. The summed E-state index contributed by atoms with van der Waals surface area (Å²) in [5.74, 6) is -2.54. The summed E-state index contributed by atoms with van der Waals surface area (Å²) in [5, 5.41) is 0. The van der Waals surface area contributed by atoms with Crippen molar-refractivity contribution in [3.63, 3.8) is 0 Å². The predicted octanol–water partition coefficient (Wildman–Crippen LogP) is 7.82. The fourth-order valence-corrected chi connectivity index (χ4v) is 8.79. The largest absolute Gasteiger partial charge is 0.454 e. The molecule has 4 aliphatic rings. The van der Waals surface area contributed by atoms with Crippen LogP contribution in [0.4, 0.5) is 0 Å². The second-order valence-corrected chi connectivity index (χ2v) is 17.7. The van der Waals surface area contributed by atoms with Crippen molar-refractivity contribution in [3.05, 3.63) is 142 Å². The number of halogens is 1. The van der Waals surface area contributed by atoms with Crippen LogP contribution in [0.25, 0.3) is 0 Å². The van der Waals surface area contributed by atoms with E-state index >= 15 is 0 Å². The van der Waals surface area contributed by atoms with Crippen LogP contribution >= 0.6 is 15.9 Å². The molecule has 12 nitrogen and oxygen atoms in total. The molecular formula is C48H55BrO12. The van der Waals surface area contributed by atoms with Gasteiger partial charge in [0.15, 0.2) is 24.0 Å². The van der Waals surface area contributed by atoms with Gasteiger partial charge in [-0.3, -0.25) is 4.79 Å². The highest BCUT2D eigenvalue weighted by Gasteiger charge is 2.65. The first-order chi connectivity index (χ1) is 29.4. The molecule has 0 amide bonds. The maximum Gasteiger partial charge on any atom is 0.303 e. The van der Waals surface area contributed by atoms with Crippen LogP contribution in [-0.4, -0.2) is 91.5 Å². The first-order valence-corrected chi connectivity index (χ1v) is 21.7. The summed E-state index contributed by atoms with van der Waals surface area (Å²) in [6.07, 6.45) is -8.74. The molecule has 0 radical (unpaired) electrons. The van der Waals surface area contributed by atoms with Crippen molar-refractivity contribution >= 4 is 21.9 Å². The molecule has 1 saturated carbocycles. The number of rotatable bonds is 16. The van der Waals surface area contributed by atoms with Gasteiger partial charge in [0.1, 0.15) is 54.9 Å². The lowest BCUT2D eigenvalue weighted by Gasteiger charge is -2.48. The lowest BCUT2D eigenvalue weighted by Crippen LogP contribution is -2.67. The number of carbonyl (C=O) groups excluding carboxylic acids is 1. The zero-order valence-corrected chi connectivity index (χ0v) is 36.7. The Hall–Kier alpha value is -3.57. The van der Waals surface area contributed by atoms with Crippen molar-refractivity contribution in [2.75, 3.05) is 6.61 Å². The first-order valence-electron chi connectivity index (χ1n) is 20.9. The van der Waals surface area contributed by atoms with Gasteiger partial charge >= 0.3 is 5.97 Å². The third-order valence-corrected chi connectivity index (χ3v) is 11.7. The second-order valence-electron chi connectivity index (χ2n) is 16.8. The van der Waals surface area contributed by atoms with Crippen LogP contribution < -0.4 is 0 Å². The van der Waals surface area contributed by atoms with Gasteiger partial charge in [0.25, 0.3) is 0 Å². The van der Waals surface area contributed by atoms with Crippen LogP contribution in [0.15, 0.2) is 120 Å². The van der Waals surface area contributed by atoms with Gasteiger partial charge in [0, 0.05) is 11.4 Å². The van der Waals surface area contributed by atoms with Crippen LogP contribution in [0.3, 0.4) is 0 Å². The van der Waals surface area contributed by atoms with Crippen molar-refractivity contribution in [1.82, 2.24) is 0 Å². The van der Waals surface area contributed by atoms with E-state index < -0.39 is 84.9 Å². The maximum absolute atomic E-state index is 13.1. The van der Waals surface area contributed by atoms with Gasteiger partial charge in [-0.15, -0.1) is 0 Å².